The molecule has 3 amide bonds. The van der Waals surface area contributed by atoms with Crippen LogP contribution in [0.5, 0.6) is 0 Å². The van der Waals surface area contributed by atoms with Gasteiger partial charge in [0.15, 0.2) is 6.61 Å². The van der Waals surface area contributed by atoms with Crippen LogP contribution in [0.2, 0.25) is 0 Å². The Kier molecular flexibility index (Phi) is 4.48. The highest BCUT2D eigenvalue weighted by Crippen LogP contribution is 2.23. The molecule has 2 aromatic rings. The van der Waals surface area contributed by atoms with E-state index in [-0.39, 0.29) is 25.1 Å². The second-order valence-electron chi connectivity index (χ2n) is 5.12. The third-order valence-corrected chi connectivity index (χ3v) is 3.50. The lowest BCUT2D eigenvalue weighted by Crippen LogP contribution is -2.32. The number of rotatable bonds is 4. The van der Waals surface area contributed by atoms with Crippen molar-refractivity contribution < 1.29 is 19.1 Å². The second-order valence-corrected chi connectivity index (χ2v) is 5.12. The molecule has 1 N–H and O–H groups in total. The molecule has 8 heteroatoms. The molecular weight excluding hydrogens is 324 g/mol. The van der Waals surface area contributed by atoms with Crippen molar-refractivity contribution in [2.24, 2.45) is 0 Å². The van der Waals surface area contributed by atoms with Crippen LogP contribution in [0.3, 0.4) is 0 Å². The van der Waals surface area contributed by atoms with Crippen LogP contribution in [-0.4, -0.2) is 39.2 Å². The molecule has 1 aliphatic heterocycles. The lowest BCUT2D eigenvalue weighted by atomic mass is 10.1. The van der Waals surface area contributed by atoms with E-state index in [1.54, 1.807) is 31.2 Å². The quantitative estimate of drug-likeness (QED) is 0.676. The maximum atomic E-state index is 12.3. The van der Waals surface area contributed by atoms with E-state index in [4.69, 9.17) is 4.74 Å². The molecule has 1 aliphatic rings. The van der Waals surface area contributed by atoms with Crippen LogP contribution in [0, 0.1) is 11.8 Å². The number of hydrogen-bond donors (Lipinski definition) is 1. The maximum absolute atomic E-state index is 12.3. The molecule has 8 nitrogen and oxygen atoms in total. The van der Waals surface area contributed by atoms with Crippen LogP contribution in [0.4, 0.5) is 10.5 Å². The average Bonchev–Trinajstić information content (AvgIpc) is 3.14. The number of nitrogens with one attached hydrogen (secondary N) is 1. The van der Waals surface area contributed by atoms with Crippen molar-refractivity contribution in [3.63, 3.8) is 0 Å². The molecule has 0 saturated heterocycles. The van der Waals surface area contributed by atoms with Gasteiger partial charge in [-0.2, -0.15) is 5.10 Å². The monoisotopic (exact) mass is 338 g/mol. The molecule has 0 unspecified atom stereocenters. The molecule has 3 rings (SSSR count). The van der Waals surface area contributed by atoms with Crippen LogP contribution < -0.4 is 5.32 Å². The standard InChI is InChI=1S/C17H14N4O4/c1-2-3-8-25-17(24)19-12-9-18-20(10-12)11-21-15(22)13-6-4-5-7-14(13)16(21)23/h4-7,9-10H,8,11H2,1H3,(H,19,24). The number of aromatic nitrogens is 2. The second kappa shape index (κ2) is 6.88. The van der Waals surface area contributed by atoms with E-state index in [2.05, 4.69) is 22.3 Å². The topological polar surface area (TPSA) is 93.5 Å². The summed E-state index contributed by atoms with van der Waals surface area (Å²) in [7, 11) is 0. The average molecular weight is 338 g/mol. The van der Waals surface area contributed by atoms with Gasteiger partial charge in [0.2, 0.25) is 0 Å². The molecule has 25 heavy (non-hydrogen) atoms. The van der Waals surface area contributed by atoms with E-state index in [1.165, 1.54) is 17.1 Å². The van der Waals surface area contributed by atoms with Gasteiger partial charge in [-0.25, -0.2) is 4.79 Å². The Morgan fingerprint density at radius 3 is 2.56 bits per heavy atom. The van der Waals surface area contributed by atoms with Crippen molar-refractivity contribution in [3.05, 3.63) is 47.8 Å². The van der Waals surface area contributed by atoms with Gasteiger partial charge in [-0.15, -0.1) is 5.92 Å². The van der Waals surface area contributed by atoms with Gasteiger partial charge in [0.25, 0.3) is 11.8 Å². The summed E-state index contributed by atoms with van der Waals surface area (Å²) in [4.78, 5) is 37.2. The van der Waals surface area contributed by atoms with Gasteiger partial charge < -0.3 is 4.74 Å². The minimum absolute atomic E-state index is 0.00842. The fraction of sp³-hybridized carbons (Fsp3) is 0.176. The number of hydrogen-bond acceptors (Lipinski definition) is 5. The molecular formula is C17H14N4O4. The van der Waals surface area contributed by atoms with Crippen LogP contribution in [0.1, 0.15) is 27.6 Å². The van der Waals surface area contributed by atoms with Gasteiger partial charge >= 0.3 is 6.09 Å². The molecule has 1 aromatic carbocycles. The molecule has 2 heterocycles. The van der Waals surface area contributed by atoms with Crippen LogP contribution in [0.25, 0.3) is 0 Å². The molecule has 0 aliphatic carbocycles. The number of carbonyl (C=O) groups is 3. The Balaban J connectivity index is 1.64. The molecule has 126 valence electrons. The SMILES string of the molecule is CC#CCOC(=O)Nc1cnn(CN2C(=O)c3ccccc3C2=O)c1. The number of benzene rings is 1. The summed E-state index contributed by atoms with van der Waals surface area (Å²) >= 11 is 0. The summed E-state index contributed by atoms with van der Waals surface area (Å²) in [6.45, 7) is 1.58. The van der Waals surface area contributed by atoms with Crippen molar-refractivity contribution in [3.8, 4) is 11.8 Å². The zero-order valence-corrected chi connectivity index (χ0v) is 13.4. The molecule has 0 fully saturated rings. The summed E-state index contributed by atoms with van der Waals surface area (Å²) < 4.78 is 6.20. The van der Waals surface area contributed by atoms with Crippen LogP contribution in [0.15, 0.2) is 36.7 Å². The summed E-state index contributed by atoms with van der Waals surface area (Å²) in [5, 5.41) is 6.52. The predicted molar refractivity (Wildman–Crippen MR) is 87.6 cm³/mol. The third-order valence-electron chi connectivity index (χ3n) is 3.50. The maximum Gasteiger partial charge on any atom is 0.412 e. The van der Waals surface area contributed by atoms with Crippen molar-refractivity contribution >= 4 is 23.6 Å². The number of carbonyl (C=O) groups excluding carboxylic acids is 3. The molecule has 0 bridgehead atoms. The minimum Gasteiger partial charge on any atom is -0.436 e. The predicted octanol–water partition coefficient (Wildman–Crippen LogP) is 1.71. The minimum atomic E-state index is -0.664. The Labute approximate surface area is 143 Å². The zero-order chi connectivity index (χ0) is 17.8. The molecule has 0 atom stereocenters. The first-order valence-electron chi connectivity index (χ1n) is 7.41. The summed E-state index contributed by atoms with van der Waals surface area (Å²) in [6.07, 6.45) is 2.23. The van der Waals surface area contributed by atoms with Crippen molar-refractivity contribution in [2.45, 2.75) is 13.6 Å². The Morgan fingerprint density at radius 1 is 1.24 bits per heavy atom. The van der Waals surface area contributed by atoms with E-state index >= 15 is 0 Å². The summed E-state index contributed by atoms with van der Waals surface area (Å²) in [5.74, 6) is 4.46. The molecule has 0 spiro atoms. The van der Waals surface area contributed by atoms with Gasteiger partial charge in [-0.1, -0.05) is 18.1 Å². The van der Waals surface area contributed by atoms with Crippen molar-refractivity contribution in [1.29, 1.82) is 0 Å². The number of anilines is 1. The Hall–Kier alpha value is -3.60. The molecule has 0 saturated carbocycles. The van der Waals surface area contributed by atoms with Gasteiger partial charge in [-0.3, -0.25) is 24.5 Å². The number of imide groups is 1. The fourth-order valence-electron chi connectivity index (χ4n) is 2.35. The van der Waals surface area contributed by atoms with Crippen LogP contribution in [-0.2, 0) is 11.4 Å². The highest BCUT2D eigenvalue weighted by molar-refractivity contribution is 6.21. The van der Waals surface area contributed by atoms with Gasteiger partial charge in [0.1, 0.15) is 6.67 Å². The van der Waals surface area contributed by atoms with Gasteiger partial charge in [0, 0.05) is 0 Å². The fourth-order valence-corrected chi connectivity index (χ4v) is 2.35. The summed E-state index contributed by atoms with van der Waals surface area (Å²) in [5.41, 5.74) is 1.13. The number of nitrogens with zero attached hydrogens (tertiary/aromatic N) is 3. The van der Waals surface area contributed by atoms with Gasteiger partial charge in [-0.05, 0) is 19.1 Å². The number of amides is 3. The van der Waals surface area contributed by atoms with E-state index in [0.717, 1.165) is 4.90 Å². The lowest BCUT2D eigenvalue weighted by Gasteiger charge is -2.13. The number of ether oxygens (including phenoxy) is 1. The van der Waals surface area contributed by atoms with E-state index in [0.29, 0.717) is 16.8 Å². The molecule has 0 radical (unpaired) electrons. The van der Waals surface area contributed by atoms with Gasteiger partial charge in [0.05, 0.1) is 29.2 Å². The van der Waals surface area contributed by atoms with Crippen molar-refractivity contribution in [2.75, 3.05) is 11.9 Å². The lowest BCUT2D eigenvalue weighted by molar-refractivity contribution is 0.0597. The first-order chi connectivity index (χ1) is 12.1. The van der Waals surface area contributed by atoms with E-state index in [1.807, 2.05) is 0 Å². The Morgan fingerprint density at radius 2 is 1.92 bits per heavy atom. The normalized spacial score (nSPS) is 12.4. The van der Waals surface area contributed by atoms with Crippen molar-refractivity contribution in [1.82, 2.24) is 14.7 Å². The number of fused-ring (bicyclic) bond motifs is 1. The first-order valence-corrected chi connectivity index (χ1v) is 7.41. The highest BCUT2D eigenvalue weighted by atomic mass is 16.5. The van der Waals surface area contributed by atoms with Crippen LogP contribution >= 0.6 is 0 Å². The smallest absolute Gasteiger partial charge is 0.412 e. The zero-order valence-electron chi connectivity index (χ0n) is 13.4. The first kappa shape index (κ1) is 16.3. The Bertz CT molecular complexity index is 872. The highest BCUT2D eigenvalue weighted by Gasteiger charge is 2.35. The third kappa shape index (κ3) is 3.35. The molecule has 1 aromatic heterocycles. The van der Waals surface area contributed by atoms with E-state index < -0.39 is 6.09 Å². The summed E-state index contributed by atoms with van der Waals surface area (Å²) in [6, 6.07) is 6.64. The largest absolute Gasteiger partial charge is 0.436 e. The van der Waals surface area contributed by atoms with E-state index in [9.17, 15) is 14.4 Å².